The third-order valence-corrected chi connectivity index (χ3v) is 12.1. The van der Waals surface area contributed by atoms with Gasteiger partial charge in [0, 0.05) is 107 Å². The number of carbonyl (C=O) groups is 5. The molecule has 14 heteroatoms. The Morgan fingerprint density at radius 3 is 1.58 bits per heavy atom. The molecule has 5 N–H and O–H groups in total. The van der Waals surface area contributed by atoms with Crippen molar-refractivity contribution in [1.82, 2.24) is 25.3 Å². The number of aryl methyl sites for hydroxylation is 1. The summed E-state index contributed by atoms with van der Waals surface area (Å²) in [6, 6.07) is 23.2. The van der Waals surface area contributed by atoms with Gasteiger partial charge in [-0.25, -0.2) is 4.79 Å². The smallest absolute Gasteiger partial charge is 0.407 e. The molecule has 0 radical (unpaired) electrons. The number of carbonyl (C=O) groups excluding carboxylic acids is 5. The highest BCUT2D eigenvalue weighted by atomic mass is 79.9. The number of benzene rings is 4. The van der Waals surface area contributed by atoms with Crippen LogP contribution >= 0.6 is 47.8 Å². The summed E-state index contributed by atoms with van der Waals surface area (Å²) in [4.78, 5) is 76.7. The SMILES string of the molecule is CC(CC(=O)C(=O)c1c[nH]c2ccc(Br)cc12)c1c[nH]c2ccc(Br)cc12.Cc1ccc2[nH]cc(C(=O)C(=O)CC(CNC(=O)OC(C)(C)C)c3c[nH]c4ccc(Br)cc34)c2c1. The number of hydrogen-bond donors (Lipinski definition) is 5. The highest BCUT2D eigenvalue weighted by Crippen LogP contribution is 2.33. The van der Waals surface area contributed by atoms with E-state index in [0.29, 0.717) is 11.1 Å². The van der Waals surface area contributed by atoms with Gasteiger partial charge in [-0.2, -0.15) is 0 Å². The first kappa shape index (κ1) is 44.5. The van der Waals surface area contributed by atoms with E-state index < -0.39 is 35.0 Å². The minimum absolute atomic E-state index is 0.0629. The minimum Gasteiger partial charge on any atom is -0.444 e. The van der Waals surface area contributed by atoms with Crippen LogP contribution in [-0.2, 0) is 14.3 Å². The third-order valence-electron chi connectivity index (χ3n) is 10.6. The number of alkyl carbamates (subject to hydrolysis) is 1. The van der Waals surface area contributed by atoms with Gasteiger partial charge < -0.3 is 30.0 Å². The number of H-pyrrole nitrogens is 4. The maximum atomic E-state index is 13.2. The summed E-state index contributed by atoms with van der Waals surface area (Å²) in [7, 11) is 0. The lowest BCUT2D eigenvalue weighted by Crippen LogP contribution is -2.35. The molecule has 11 nitrogen and oxygen atoms in total. The van der Waals surface area contributed by atoms with Crippen LogP contribution in [0.2, 0.25) is 0 Å². The Balaban J connectivity index is 0.000000192. The van der Waals surface area contributed by atoms with Gasteiger partial charge in [0.1, 0.15) is 5.60 Å². The molecule has 0 aliphatic heterocycles. The summed E-state index contributed by atoms with van der Waals surface area (Å²) in [5.74, 6) is -2.41. The van der Waals surface area contributed by atoms with Crippen LogP contribution in [0.5, 0.6) is 0 Å². The maximum Gasteiger partial charge on any atom is 0.407 e. The van der Waals surface area contributed by atoms with Crippen molar-refractivity contribution in [3.63, 3.8) is 0 Å². The Morgan fingerprint density at radius 1 is 0.597 bits per heavy atom. The Morgan fingerprint density at radius 2 is 1.03 bits per heavy atom. The van der Waals surface area contributed by atoms with Crippen molar-refractivity contribution in [3.8, 4) is 0 Å². The summed E-state index contributed by atoms with van der Waals surface area (Å²) >= 11 is 10.4. The molecule has 0 fully saturated rings. The normalized spacial score (nSPS) is 12.6. The second-order valence-electron chi connectivity index (χ2n) is 16.4. The number of ketones is 4. The fraction of sp³-hybridized carbons (Fsp3) is 0.229. The van der Waals surface area contributed by atoms with Crippen molar-refractivity contribution >= 4 is 121 Å². The third kappa shape index (κ3) is 10.0. The molecule has 8 aromatic rings. The molecule has 0 spiro atoms. The summed E-state index contributed by atoms with van der Waals surface area (Å²) in [6.07, 6.45) is 6.47. The summed E-state index contributed by atoms with van der Waals surface area (Å²) in [6.45, 7) is 9.40. The quantitative estimate of drug-likeness (QED) is 0.0602. The molecule has 8 rings (SSSR count). The van der Waals surface area contributed by atoms with Crippen LogP contribution in [0.3, 0.4) is 0 Å². The van der Waals surface area contributed by atoms with Crippen molar-refractivity contribution in [3.05, 3.63) is 139 Å². The highest BCUT2D eigenvalue weighted by Gasteiger charge is 2.28. The predicted molar refractivity (Wildman–Crippen MR) is 254 cm³/mol. The Kier molecular flexibility index (Phi) is 13.2. The average Bonchev–Trinajstić information content (AvgIpc) is 4.03. The van der Waals surface area contributed by atoms with Gasteiger partial charge in [0.05, 0.1) is 11.1 Å². The highest BCUT2D eigenvalue weighted by molar-refractivity contribution is 9.11. The topological polar surface area (TPSA) is 170 Å². The Bertz CT molecular complexity index is 3020. The van der Waals surface area contributed by atoms with E-state index in [0.717, 1.165) is 73.7 Å². The van der Waals surface area contributed by atoms with Gasteiger partial charge in [-0.3, -0.25) is 19.2 Å². The number of amides is 1. The van der Waals surface area contributed by atoms with E-state index in [1.807, 2.05) is 99.0 Å². The first-order chi connectivity index (χ1) is 29.4. The lowest BCUT2D eigenvalue weighted by molar-refractivity contribution is -0.116. The molecule has 2 atom stereocenters. The van der Waals surface area contributed by atoms with Crippen molar-refractivity contribution in [1.29, 1.82) is 0 Å². The molecule has 0 bridgehead atoms. The molecule has 318 valence electrons. The van der Waals surface area contributed by atoms with E-state index in [4.69, 9.17) is 4.74 Å². The molecule has 62 heavy (non-hydrogen) atoms. The number of ether oxygens (including phenoxy) is 1. The van der Waals surface area contributed by atoms with Crippen LogP contribution in [0.15, 0.2) is 111 Å². The number of Topliss-reactive ketones (excluding diaryl/α,β-unsaturated/α-hetero) is 4. The number of nitrogens with one attached hydrogen (secondary N) is 5. The number of aromatic nitrogens is 4. The van der Waals surface area contributed by atoms with E-state index in [1.165, 1.54) is 0 Å². The number of aromatic amines is 4. The number of fused-ring (bicyclic) bond motifs is 4. The molecule has 0 saturated carbocycles. The zero-order valence-corrected chi connectivity index (χ0v) is 39.4. The lowest BCUT2D eigenvalue weighted by Gasteiger charge is -2.22. The fourth-order valence-electron chi connectivity index (χ4n) is 7.59. The summed E-state index contributed by atoms with van der Waals surface area (Å²) in [5, 5.41) is 6.23. The average molecular weight is 1030 g/mol. The number of hydrogen-bond acceptors (Lipinski definition) is 6. The first-order valence-corrected chi connectivity index (χ1v) is 22.3. The zero-order chi connectivity index (χ0) is 44.5. The van der Waals surface area contributed by atoms with Crippen molar-refractivity contribution in [2.75, 3.05) is 6.54 Å². The standard InChI is InChI=1S/C27H28BrN3O4.C21H16Br2N2O2/c1-15-5-7-22-18(9-15)21(14-30-22)25(33)24(32)10-16(12-31-26(34)35-27(2,3)4)20-13-29-23-8-6-17(28)11-19(20)23;1-11(16-9-24-18-4-2-12(22)7-14(16)18)6-20(26)21(27)17-10-25-19-5-3-13(23)8-15(17)19/h5-9,11,13-14,16,29-30H,10,12H2,1-4H3,(H,31,34);2-5,7-11,24-25H,6H2,1H3. The van der Waals surface area contributed by atoms with Crippen LogP contribution in [0.25, 0.3) is 43.6 Å². The Hall–Kier alpha value is -5.57. The molecule has 0 aliphatic carbocycles. The molecule has 2 unspecified atom stereocenters. The fourth-order valence-corrected chi connectivity index (χ4v) is 8.67. The number of halogens is 3. The van der Waals surface area contributed by atoms with Crippen LogP contribution in [0.1, 0.15) is 89.8 Å². The van der Waals surface area contributed by atoms with E-state index >= 15 is 0 Å². The van der Waals surface area contributed by atoms with Crippen molar-refractivity contribution in [2.24, 2.45) is 0 Å². The molecular formula is C48H44Br3N5O6. The molecule has 0 aliphatic rings. The van der Waals surface area contributed by atoms with Gasteiger partial charge in [0.25, 0.3) is 0 Å². The van der Waals surface area contributed by atoms with Gasteiger partial charge in [-0.05, 0) is 111 Å². The van der Waals surface area contributed by atoms with E-state index in [9.17, 15) is 24.0 Å². The van der Waals surface area contributed by atoms with Crippen LogP contribution in [0, 0.1) is 6.92 Å². The largest absolute Gasteiger partial charge is 0.444 e. The van der Waals surface area contributed by atoms with Gasteiger partial charge >= 0.3 is 6.09 Å². The second kappa shape index (κ2) is 18.4. The van der Waals surface area contributed by atoms with Gasteiger partial charge in [0.15, 0.2) is 0 Å². The monoisotopic (exact) mass is 1020 g/mol. The predicted octanol–water partition coefficient (Wildman–Crippen LogP) is 12.3. The van der Waals surface area contributed by atoms with Gasteiger partial charge in [-0.15, -0.1) is 0 Å². The van der Waals surface area contributed by atoms with Crippen molar-refractivity contribution in [2.45, 2.75) is 64.9 Å². The molecule has 4 heterocycles. The molecule has 4 aromatic carbocycles. The molecule has 4 aromatic heterocycles. The summed E-state index contributed by atoms with van der Waals surface area (Å²) < 4.78 is 8.10. The van der Waals surface area contributed by atoms with Gasteiger partial charge in [0.2, 0.25) is 23.1 Å². The van der Waals surface area contributed by atoms with Gasteiger partial charge in [-0.1, -0.05) is 66.3 Å². The van der Waals surface area contributed by atoms with E-state index in [1.54, 1.807) is 33.2 Å². The number of rotatable bonds is 12. The summed E-state index contributed by atoms with van der Waals surface area (Å²) in [5.41, 5.74) is 6.56. The zero-order valence-electron chi connectivity index (χ0n) is 34.6. The van der Waals surface area contributed by atoms with E-state index in [2.05, 4.69) is 73.0 Å². The molecular weight excluding hydrogens is 982 g/mol. The molecule has 0 saturated heterocycles. The molecule has 1 amide bonds. The second-order valence-corrected chi connectivity index (χ2v) is 19.2. The minimum atomic E-state index is -0.648. The lowest BCUT2D eigenvalue weighted by atomic mass is 9.90. The van der Waals surface area contributed by atoms with Crippen molar-refractivity contribution < 1.29 is 28.7 Å². The first-order valence-electron chi connectivity index (χ1n) is 19.9. The van der Waals surface area contributed by atoms with E-state index in [-0.39, 0.29) is 31.1 Å². The van der Waals surface area contributed by atoms with Crippen LogP contribution in [-0.4, -0.2) is 61.3 Å². The van der Waals surface area contributed by atoms with Crippen LogP contribution < -0.4 is 5.32 Å². The van der Waals surface area contributed by atoms with Crippen LogP contribution in [0.4, 0.5) is 4.79 Å². The Labute approximate surface area is 382 Å². The maximum absolute atomic E-state index is 13.2.